The normalized spacial score (nSPS) is 13.8. The Bertz CT molecular complexity index is 1000. The zero-order valence-corrected chi connectivity index (χ0v) is 14.4. The molecule has 0 aliphatic carbocycles. The molecule has 0 fully saturated rings. The third-order valence-corrected chi connectivity index (χ3v) is 4.50. The van der Waals surface area contributed by atoms with Gasteiger partial charge in [-0.1, -0.05) is 42.1 Å². The first kappa shape index (κ1) is 16.9. The zero-order valence-electron chi connectivity index (χ0n) is 13.6. The summed E-state index contributed by atoms with van der Waals surface area (Å²) in [4.78, 5) is 36.1. The summed E-state index contributed by atoms with van der Waals surface area (Å²) in [6.45, 7) is 0. The molecule has 0 bridgehead atoms. The maximum absolute atomic E-state index is 12.3. The number of carbonyl (C=O) groups excluding carboxylic acids is 1. The molecule has 1 amide bonds. The molecule has 1 aromatic carbocycles. The van der Waals surface area contributed by atoms with Gasteiger partial charge in [-0.25, -0.2) is 4.79 Å². The third kappa shape index (κ3) is 3.45. The summed E-state index contributed by atoms with van der Waals surface area (Å²) in [5.41, 5.74) is 0.488. The van der Waals surface area contributed by atoms with E-state index in [2.05, 4.69) is 15.5 Å². The van der Waals surface area contributed by atoms with Gasteiger partial charge < -0.3 is 4.57 Å². The van der Waals surface area contributed by atoms with Gasteiger partial charge in [-0.05, 0) is 5.56 Å². The Morgan fingerprint density at radius 2 is 1.88 bits per heavy atom. The SMILES string of the molecule is Cn1cc(C(=O)NC2=NN=C(c3ccccc3)CS2)c(=O)n(C)c1=O. The molecule has 2 aromatic rings. The maximum Gasteiger partial charge on any atom is 0.330 e. The molecular formula is C16H15N5O3S. The van der Waals surface area contributed by atoms with E-state index in [9.17, 15) is 14.4 Å². The maximum atomic E-state index is 12.3. The molecule has 0 saturated carbocycles. The topological polar surface area (TPSA) is 97.8 Å². The fourth-order valence-electron chi connectivity index (χ4n) is 2.26. The number of aryl methyl sites for hydroxylation is 1. The van der Waals surface area contributed by atoms with Crippen LogP contribution in [0.3, 0.4) is 0 Å². The largest absolute Gasteiger partial charge is 0.330 e. The molecule has 1 aliphatic rings. The first-order valence-electron chi connectivity index (χ1n) is 7.38. The monoisotopic (exact) mass is 357 g/mol. The van der Waals surface area contributed by atoms with E-state index in [0.29, 0.717) is 10.9 Å². The van der Waals surface area contributed by atoms with Crippen molar-refractivity contribution >= 4 is 28.5 Å². The number of hydrogen-bond donors (Lipinski definition) is 1. The Kier molecular flexibility index (Phi) is 4.66. The van der Waals surface area contributed by atoms with Gasteiger partial charge in [0, 0.05) is 26.0 Å². The predicted molar refractivity (Wildman–Crippen MR) is 97.3 cm³/mol. The van der Waals surface area contributed by atoms with Crippen molar-refractivity contribution in [2.75, 3.05) is 5.75 Å². The highest BCUT2D eigenvalue weighted by Gasteiger charge is 2.19. The van der Waals surface area contributed by atoms with Crippen LogP contribution in [-0.4, -0.2) is 31.7 Å². The van der Waals surface area contributed by atoms with Gasteiger partial charge in [0.1, 0.15) is 5.56 Å². The van der Waals surface area contributed by atoms with Gasteiger partial charge in [0.15, 0.2) is 5.17 Å². The minimum absolute atomic E-state index is 0.134. The van der Waals surface area contributed by atoms with Crippen LogP contribution in [0, 0.1) is 0 Å². The van der Waals surface area contributed by atoms with E-state index in [1.54, 1.807) is 0 Å². The van der Waals surface area contributed by atoms with Crippen LogP contribution in [0.25, 0.3) is 0 Å². The fraction of sp³-hybridized carbons (Fsp3) is 0.188. The van der Waals surface area contributed by atoms with Gasteiger partial charge >= 0.3 is 5.69 Å². The van der Waals surface area contributed by atoms with E-state index >= 15 is 0 Å². The van der Waals surface area contributed by atoms with Crippen LogP contribution < -0.4 is 16.6 Å². The molecule has 0 unspecified atom stereocenters. The average molecular weight is 357 g/mol. The van der Waals surface area contributed by atoms with E-state index in [0.717, 1.165) is 15.8 Å². The van der Waals surface area contributed by atoms with Crippen LogP contribution in [0.4, 0.5) is 0 Å². The average Bonchev–Trinajstić information content (AvgIpc) is 2.64. The second kappa shape index (κ2) is 6.89. The second-order valence-electron chi connectivity index (χ2n) is 5.36. The number of carbonyl (C=O) groups is 1. The van der Waals surface area contributed by atoms with Crippen LogP contribution in [-0.2, 0) is 14.1 Å². The molecular weight excluding hydrogens is 342 g/mol. The van der Waals surface area contributed by atoms with Crippen LogP contribution in [0.15, 0.2) is 56.3 Å². The Morgan fingerprint density at radius 1 is 1.16 bits per heavy atom. The molecule has 1 aliphatic heterocycles. The van der Waals surface area contributed by atoms with Gasteiger partial charge in [-0.2, -0.15) is 5.10 Å². The Balaban J connectivity index is 1.81. The molecule has 9 heteroatoms. The van der Waals surface area contributed by atoms with Gasteiger partial charge in [0.05, 0.1) is 5.71 Å². The number of aromatic nitrogens is 2. The minimum atomic E-state index is -0.657. The lowest BCUT2D eigenvalue weighted by Crippen LogP contribution is -2.42. The molecule has 25 heavy (non-hydrogen) atoms. The number of nitrogens with zero attached hydrogens (tertiary/aromatic N) is 4. The van der Waals surface area contributed by atoms with Crippen molar-refractivity contribution in [1.82, 2.24) is 14.5 Å². The molecule has 2 heterocycles. The highest BCUT2D eigenvalue weighted by molar-refractivity contribution is 8.14. The van der Waals surface area contributed by atoms with Crippen LogP contribution in [0.1, 0.15) is 15.9 Å². The van der Waals surface area contributed by atoms with Crippen molar-refractivity contribution < 1.29 is 4.79 Å². The summed E-state index contributed by atoms with van der Waals surface area (Å²) in [5, 5.41) is 11.0. The number of nitrogens with one attached hydrogen (secondary N) is 1. The Hall–Kier alpha value is -2.94. The summed E-state index contributed by atoms with van der Waals surface area (Å²) in [6, 6.07) is 9.62. The van der Waals surface area contributed by atoms with Crippen molar-refractivity contribution in [1.29, 1.82) is 0 Å². The predicted octanol–water partition coefficient (Wildman–Crippen LogP) is 0.321. The number of hydrogen-bond acceptors (Lipinski definition) is 6. The van der Waals surface area contributed by atoms with E-state index < -0.39 is 17.2 Å². The van der Waals surface area contributed by atoms with E-state index in [-0.39, 0.29) is 5.56 Å². The summed E-state index contributed by atoms with van der Waals surface area (Å²) < 4.78 is 2.06. The van der Waals surface area contributed by atoms with Gasteiger partial charge in [0.25, 0.3) is 11.5 Å². The third-order valence-electron chi connectivity index (χ3n) is 3.63. The summed E-state index contributed by atoms with van der Waals surface area (Å²) >= 11 is 1.32. The highest BCUT2D eigenvalue weighted by atomic mass is 32.2. The van der Waals surface area contributed by atoms with Crippen molar-refractivity contribution in [3.05, 3.63) is 68.5 Å². The minimum Gasteiger partial charge on any atom is -0.303 e. The van der Waals surface area contributed by atoms with Crippen molar-refractivity contribution in [3.8, 4) is 0 Å². The number of amides is 1. The molecule has 0 spiro atoms. The van der Waals surface area contributed by atoms with Crippen LogP contribution >= 0.6 is 11.8 Å². The first-order chi connectivity index (χ1) is 12.0. The number of benzene rings is 1. The number of thioether (sulfide) groups is 1. The summed E-state index contributed by atoms with van der Waals surface area (Å²) in [6.07, 6.45) is 1.21. The molecule has 1 aromatic heterocycles. The van der Waals surface area contributed by atoms with E-state index in [4.69, 9.17) is 0 Å². The molecule has 3 rings (SSSR count). The second-order valence-corrected chi connectivity index (χ2v) is 6.33. The van der Waals surface area contributed by atoms with Gasteiger partial charge in [0.2, 0.25) is 0 Å². The molecule has 0 radical (unpaired) electrons. The van der Waals surface area contributed by atoms with Crippen molar-refractivity contribution in [3.63, 3.8) is 0 Å². The van der Waals surface area contributed by atoms with E-state index in [1.165, 1.54) is 36.6 Å². The molecule has 0 saturated heterocycles. The van der Waals surface area contributed by atoms with Gasteiger partial charge in [-0.15, -0.1) is 5.10 Å². The standard InChI is InChI=1S/C16H15N5O3S/c1-20-8-11(14(23)21(2)16(20)24)13(22)17-15-19-18-12(9-25-15)10-6-4-3-5-7-10/h3-8H,9H2,1-2H3,(H,17,19,22). The van der Waals surface area contributed by atoms with Crippen molar-refractivity contribution in [2.45, 2.75) is 0 Å². The fourth-order valence-corrected chi connectivity index (χ4v) is 3.02. The number of amidine groups is 1. The first-order valence-corrected chi connectivity index (χ1v) is 8.36. The molecule has 8 nitrogen and oxygen atoms in total. The van der Waals surface area contributed by atoms with Crippen LogP contribution in [0.2, 0.25) is 0 Å². The summed E-state index contributed by atoms with van der Waals surface area (Å²) in [5.74, 6) is -0.0742. The highest BCUT2D eigenvalue weighted by Crippen LogP contribution is 2.14. The van der Waals surface area contributed by atoms with Gasteiger partial charge in [-0.3, -0.25) is 19.5 Å². The zero-order chi connectivity index (χ0) is 18.0. The van der Waals surface area contributed by atoms with E-state index in [1.807, 2.05) is 30.3 Å². The smallest absolute Gasteiger partial charge is 0.303 e. The lowest BCUT2D eigenvalue weighted by Gasteiger charge is -2.13. The molecule has 0 atom stereocenters. The quantitative estimate of drug-likeness (QED) is 0.837. The molecule has 1 N–H and O–H groups in total. The van der Waals surface area contributed by atoms with Crippen LogP contribution in [0.5, 0.6) is 0 Å². The Labute approximate surface area is 146 Å². The number of rotatable bonds is 2. The Morgan fingerprint density at radius 3 is 2.52 bits per heavy atom. The van der Waals surface area contributed by atoms with Crippen molar-refractivity contribution in [2.24, 2.45) is 24.3 Å². The lowest BCUT2D eigenvalue weighted by atomic mass is 10.1. The lowest BCUT2D eigenvalue weighted by molar-refractivity contribution is 0.0974. The molecule has 128 valence electrons. The summed E-state index contributed by atoms with van der Waals surface area (Å²) in [7, 11) is 2.80.